The summed E-state index contributed by atoms with van der Waals surface area (Å²) in [5.41, 5.74) is 17.1. The first-order valence-corrected chi connectivity index (χ1v) is 14.2. The molecule has 12 N–H and O–H groups in total. The van der Waals surface area contributed by atoms with E-state index in [2.05, 4.69) is 30.9 Å². The number of aliphatic imine (C=N–C) groups is 1. The van der Waals surface area contributed by atoms with Gasteiger partial charge in [-0.2, -0.15) is 0 Å². The molecule has 240 valence electrons. The predicted octanol–water partition coefficient (Wildman–Crippen LogP) is -3.10. The fourth-order valence-electron chi connectivity index (χ4n) is 4.67. The van der Waals surface area contributed by atoms with Crippen LogP contribution in [-0.2, 0) is 30.4 Å². The number of nitrogens with zero attached hydrogens (tertiary/aromatic N) is 3. The van der Waals surface area contributed by atoms with Crippen LogP contribution in [0.5, 0.6) is 0 Å². The van der Waals surface area contributed by atoms with E-state index in [1.54, 1.807) is 0 Å². The monoisotopic (exact) mass is 608 g/mol. The second kappa shape index (κ2) is 17.0. The maximum atomic E-state index is 13.3. The van der Waals surface area contributed by atoms with Gasteiger partial charge in [0.2, 0.25) is 23.6 Å². The number of hydrogen-bond donors (Lipinski definition) is 9. The maximum Gasteiger partial charge on any atom is 0.326 e. The first kappa shape index (κ1) is 34.9. The molecular formula is C26H44N10O7. The number of guanidine groups is 1. The van der Waals surface area contributed by atoms with Crippen LogP contribution < -0.4 is 33.2 Å². The SMILES string of the molecule is CC(C)C[C@H](NC(=O)[C@H](CO)NC(=O)[C@H](Cc1cnc[nH]1)NC(=O)[C@@H](N)CCCN=C(N)N)C(=O)N1CCC[C@H]1C(=O)O. The van der Waals surface area contributed by atoms with Gasteiger partial charge in [0.05, 0.1) is 19.0 Å². The Morgan fingerprint density at radius 2 is 1.74 bits per heavy atom. The Bertz CT molecular complexity index is 1120. The second-order valence-corrected chi connectivity index (χ2v) is 10.9. The van der Waals surface area contributed by atoms with Crippen LogP contribution in [0, 0.1) is 5.92 Å². The lowest BCUT2D eigenvalue weighted by molar-refractivity contribution is -0.149. The minimum Gasteiger partial charge on any atom is -0.480 e. The molecule has 0 aliphatic carbocycles. The molecule has 0 radical (unpaired) electrons. The Labute approximate surface area is 249 Å². The van der Waals surface area contributed by atoms with Gasteiger partial charge in [0, 0.05) is 31.4 Å². The topological polar surface area (TPSA) is 284 Å². The Hall–Kier alpha value is -4.25. The molecule has 17 nitrogen and oxygen atoms in total. The number of nitrogens with two attached hydrogens (primary N) is 3. The minimum atomic E-state index is -1.47. The lowest BCUT2D eigenvalue weighted by Crippen LogP contribution is -2.59. The number of amides is 4. The number of carboxylic acid groups (broad SMARTS) is 1. The summed E-state index contributed by atoms with van der Waals surface area (Å²) in [4.78, 5) is 76.0. The third kappa shape index (κ3) is 11.2. The van der Waals surface area contributed by atoms with Gasteiger partial charge in [0.25, 0.3) is 0 Å². The van der Waals surface area contributed by atoms with Crippen molar-refractivity contribution in [2.75, 3.05) is 19.7 Å². The molecule has 0 aromatic carbocycles. The van der Waals surface area contributed by atoms with Gasteiger partial charge in [0.15, 0.2) is 5.96 Å². The molecule has 1 aromatic heterocycles. The Balaban J connectivity index is 2.12. The van der Waals surface area contributed by atoms with Crippen molar-refractivity contribution in [1.82, 2.24) is 30.8 Å². The van der Waals surface area contributed by atoms with Crippen molar-refractivity contribution >= 4 is 35.6 Å². The summed E-state index contributed by atoms with van der Waals surface area (Å²) in [7, 11) is 0. The molecule has 5 atom stereocenters. The van der Waals surface area contributed by atoms with Crippen LogP contribution >= 0.6 is 0 Å². The number of carbonyl (C=O) groups is 5. The molecule has 0 spiro atoms. The lowest BCUT2D eigenvalue weighted by atomic mass is 10.0. The van der Waals surface area contributed by atoms with Crippen molar-refractivity contribution in [1.29, 1.82) is 0 Å². The van der Waals surface area contributed by atoms with E-state index in [9.17, 15) is 34.2 Å². The van der Waals surface area contributed by atoms with E-state index in [1.165, 1.54) is 17.4 Å². The van der Waals surface area contributed by atoms with Crippen molar-refractivity contribution in [3.8, 4) is 0 Å². The maximum absolute atomic E-state index is 13.3. The zero-order chi connectivity index (χ0) is 32.1. The summed E-state index contributed by atoms with van der Waals surface area (Å²) in [6.45, 7) is 3.38. The van der Waals surface area contributed by atoms with Crippen molar-refractivity contribution in [3.63, 3.8) is 0 Å². The summed E-state index contributed by atoms with van der Waals surface area (Å²) in [5, 5.41) is 27.0. The zero-order valence-electron chi connectivity index (χ0n) is 24.5. The normalized spacial score (nSPS) is 17.4. The highest BCUT2D eigenvalue weighted by molar-refractivity contribution is 5.95. The average Bonchev–Trinajstić information content (AvgIpc) is 3.64. The standard InChI is InChI=1S/C26H44N10O7/c1-14(2)9-18(24(41)36-8-4-6-20(36)25(42)43)34-23(40)19(12-37)35-22(39)17(10-15-11-30-13-32-15)33-21(38)16(27)5-3-7-31-26(28)29/h11,13-14,16-20,37H,3-10,12,27H2,1-2H3,(H,30,32)(H,33,38)(H,34,40)(H,35,39)(H,42,43)(H4,28,29,31)/t16-,17-,18-,19-,20-/m0/s1. The summed E-state index contributed by atoms with van der Waals surface area (Å²) in [6.07, 6.45) is 4.50. The smallest absolute Gasteiger partial charge is 0.326 e. The Morgan fingerprint density at radius 3 is 2.33 bits per heavy atom. The molecule has 17 heteroatoms. The number of aliphatic hydroxyl groups is 1. The number of carboxylic acids is 1. The van der Waals surface area contributed by atoms with E-state index in [1.807, 2.05) is 13.8 Å². The second-order valence-electron chi connectivity index (χ2n) is 10.9. The molecule has 4 amide bonds. The molecule has 43 heavy (non-hydrogen) atoms. The van der Waals surface area contributed by atoms with Crippen LogP contribution in [0.25, 0.3) is 0 Å². The molecule has 2 heterocycles. The number of aliphatic hydroxyl groups excluding tert-OH is 1. The number of nitrogens with one attached hydrogen (secondary N) is 4. The Morgan fingerprint density at radius 1 is 1.09 bits per heavy atom. The van der Waals surface area contributed by atoms with Crippen LogP contribution in [0.1, 0.15) is 51.6 Å². The van der Waals surface area contributed by atoms with Gasteiger partial charge in [-0.25, -0.2) is 9.78 Å². The number of likely N-dealkylation sites (tertiary alicyclic amines) is 1. The van der Waals surface area contributed by atoms with Crippen LogP contribution in [0.4, 0.5) is 0 Å². The van der Waals surface area contributed by atoms with E-state index in [0.29, 0.717) is 25.0 Å². The molecule has 1 fully saturated rings. The largest absolute Gasteiger partial charge is 0.480 e. The zero-order valence-corrected chi connectivity index (χ0v) is 24.5. The highest BCUT2D eigenvalue weighted by Gasteiger charge is 2.38. The number of aliphatic carboxylic acids is 1. The molecule has 1 aliphatic rings. The Kier molecular flexibility index (Phi) is 13.8. The first-order chi connectivity index (χ1) is 20.3. The average molecular weight is 609 g/mol. The summed E-state index contributed by atoms with van der Waals surface area (Å²) < 4.78 is 0. The van der Waals surface area contributed by atoms with Gasteiger partial charge in [-0.3, -0.25) is 24.2 Å². The van der Waals surface area contributed by atoms with E-state index in [4.69, 9.17) is 17.2 Å². The van der Waals surface area contributed by atoms with E-state index >= 15 is 0 Å². The van der Waals surface area contributed by atoms with Gasteiger partial charge in [-0.1, -0.05) is 13.8 Å². The number of rotatable bonds is 17. The van der Waals surface area contributed by atoms with E-state index < -0.39 is 66.4 Å². The van der Waals surface area contributed by atoms with Gasteiger partial charge in [-0.05, 0) is 38.0 Å². The first-order valence-electron chi connectivity index (χ1n) is 14.2. The van der Waals surface area contributed by atoms with Crippen LogP contribution in [0.2, 0.25) is 0 Å². The number of hydrogen-bond acceptors (Lipinski definition) is 9. The van der Waals surface area contributed by atoms with Crippen LogP contribution in [0.3, 0.4) is 0 Å². The van der Waals surface area contributed by atoms with E-state index in [0.717, 1.165) is 0 Å². The number of carbonyl (C=O) groups excluding carboxylic acids is 4. The van der Waals surface area contributed by atoms with Crippen molar-refractivity contribution in [2.45, 2.75) is 82.6 Å². The molecular weight excluding hydrogens is 564 g/mol. The van der Waals surface area contributed by atoms with Crippen molar-refractivity contribution in [2.24, 2.45) is 28.1 Å². The molecule has 1 saturated heterocycles. The molecule has 2 rings (SSSR count). The quantitative estimate of drug-likeness (QED) is 0.0485. The third-order valence-corrected chi connectivity index (χ3v) is 6.87. The molecule has 0 bridgehead atoms. The molecule has 1 aliphatic heterocycles. The fourth-order valence-corrected chi connectivity index (χ4v) is 4.67. The highest BCUT2D eigenvalue weighted by atomic mass is 16.4. The van der Waals surface area contributed by atoms with Crippen LogP contribution in [-0.4, -0.2) is 111 Å². The van der Waals surface area contributed by atoms with Gasteiger partial charge >= 0.3 is 5.97 Å². The summed E-state index contributed by atoms with van der Waals surface area (Å²) in [5.74, 6) is -4.06. The summed E-state index contributed by atoms with van der Waals surface area (Å²) in [6, 6.07) is -5.72. The predicted molar refractivity (Wildman–Crippen MR) is 155 cm³/mol. The third-order valence-electron chi connectivity index (χ3n) is 6.87. The lowest BCUT2D eigenvalue weighted by Gasteiger charge is -2.29. The van der Waals surface area contributed by atoms with Gasteiger partial charge in [0.1, 0.15) is 24.2 Å². The van der Waals surface area contributed by atoms with Crippen molar-refractivity contribution in [3.05, 3.63) is 18.2 Å². The van der Waals surface area contributed by atoms with Gasteiger partial charge in [-0.15, -0.1) is 0 Å². The van der Waals surface area contributed by atoms with Gasteiger partial charge < -0.3 is 53.2 Å². The summed E-state index contributed by atoms with van der Waals surface area (Å²) >= 11 is 0. The fraction of sp³-hybridized carbons (Fsp3) is 0.654. The number of H-pyrrole nitrogens is 1. The number of imidazole rings is 1. The minimum absolute atomic E-state index is 0.0297. The molecule has 0 unspecified atom stereocenters. The number of aromatic nitrogens is 2. The van der Waals surface area contributed by atoms with E-state index in [-0.39, 0.29) is 44.2 Å². The van der Waals surface area contributed by atoms with Crippen molar-refractivity contribution < 1.29 is 34.2 Å². The number of aromatic amines is 1. The molecule has 1 aromatic rings. The van der Waals surface area contributed by atoms with Crippen LogP contribution in [0.15, 0.2) is 17.5 Å². The molecule has 0 saturated carbocycles. The highest BCUT2D eigenvalue weighted by Crippen LogP contribution is 2.20.